The van der Waals surface area contributed by atoms with Gasteiger partial charge >= 0.3 is 0 Å². The molecule has 2 aliphatic carbocycles. The molecule has 39 heavy (non-hydrogen) atoms. The molecular formula is C37H28N2. The summed E-state index contributed by atoms with van der Waals surface area (Å²) < 4.78 is 2.27. The number of rotatable bonds is 3. The van der Waals surface area contributed by atoms with E-state index in [1.54, 1.807) is 0 Å². The first-order valence-corrected chi connectivity index (χ1v) is 13.9. The minimum atomic E-state index is 0.662. The fourth-order valence-electron chi connectivity index (χ4n) is 6.49. The monoisotopic (exact) mass is 500 g/mol. The number of fused-ring (bicyclic) bond motifs is 4. The van der Waals surface area contributed by atoms with Crippen LogP contribution in [0.1, 0.15) is 19.3 Å². The summed E-state index contributed by atoms with van der Waals surface area (Å²) in [6.45, 7) is 0. The van der Waals surface area contributed by atoms with Crippen molar-refractivity contribution >= 4 is 33.5 Å². The summed E-state index contributed by atoms with van der Waals surface area (Å²) in [5.41, 5.74) is 8.38. The standard InChI is InChI=1S/C37H28N2/c1-2-10-27(11-3-1)37-38-35-15-6-7-16-36(35)39(37)30-21-19-26(20-22-30)32-14-8-12-28-23-29-18-17-25-9-4-5-13-31(25)34(29)24-33(28)32/h1-3,5-8,10-16,18-25H,4,9,17H2. The molecule has 1 atom stereocenters. The van der Waals surface area contributed by atoms with E-state index in [-0.39, 0.29) is 0 Å². The van der Waals surface area contributed by atoms with Gasteiger partial charge in [-0.05, 0) is 99.5 Å². The zero-order valence-corrected chi connectivity index (χ0v) is 21.7. The number of aromatic nitrogens is 2. The molecule has 2 nitrogen and oxygen atoms in total. The van der Waals surface area contributed by atoms with E-state index in [9.17, 15) is 0 Å². The van der Waals surface area contributed by atoms with E-state index < -0.39 is 0 Å². The molecule has 5 aromatic carbocycles. The maximum Gasteiger partial charge on any atom is 0.145 e. The predicted molar refractivity (Wildman–Crippen MR) is 163 cm³/mol. The second-order valence-electron chi connectivity index (χ2n) is 10.7. The molecule has 0 aliphatic heterocycles. The van der Waals surface area contributed by atoms with Gasteiger partial charge in [-0.2, -0.15) is 0 Å². The third-order valence-corrected chi connectivity index (χ3v) is 8.43. The maximum atomic E-state index is 5.01. The lowest BCUT2D eigenvalue weighted by Crippen LogP contribution is -2.33. The van der Waals surface area contributed by atoms with Crippen LogP contribution in [0.15, 0.2) is 121 Å². The van der Waals surface area contributed by atoms with Crippen LogP contribution in [0.4, 0.5) is 0 Å². The first-order valence-electron chi connectivity index (χ1n) is 13.9. The van der Waals surface area contributed by atoms with Crippen LogP contribution in [-0.4, -0.2) is 9.55 Å². The highest BCUT2D eigenvalue weighted by Crippen LogP contribution is 2.33. The van der Waals surface area contributed by atoms with Gasteiger partial charge in [0.25, 0.3) is 0 Å². The van der Waals surface area contributed by atoms with Crippen LogP contribution in [0.25, 0.3) is 61.7 Å². The van der Waals surface area contributed by atoms with Gasteiger partial charge < -0.3 is 0 Å². The van der Waals surface area contributed by atoms with Crippen molar-refractivity contribution in [2.75, 3.05) is 0 Å². The number of imidazole rings is 1. The van der Waals surface area contributed by atoms with E-state index in [1.165, 1.54) is 50.8 Å². The third kappa shape index (κ3) is 3.67. The molecule has 2 aliphatic rings. The average molecular weight is 501 g/mol. The number of allylic oxidation sites excluding steroid dienone is 2. The van der Waals surface area contributed by atoms with Crippen molar-refractivity contribution in [2.45, 2.75) is 19.3 Å². The Morgan fingerprint density at radius 3 is 2.49 bits per heavy atom. The Balaban J connectivity index is 1.28. The van der Waals surface area contributed by atoms with Crippen molar-refractivity contribution in [2.24, 2.45) is 5.92 Å². The fourth-order valence-corrected chi connectivity index (χ4v) is 6.49. The Morgan fingerprint density at radius 1 is 0.744 bits per heavy atom. The summed E-state index contributed by atoms with van der Waals surface area (Å²) in [6, 6.07) is 39.3. The molecular weight excluding hydrogens is 472 g/mol. The molecule has 1 heterocycles. The summed E-state index contributed by atoms with van der Waals surface area (Å²) in [6.07, 6.45) is 10.8. The van der Waals surface area contributed by atoms with Crippen LogP contribution < -0.4 is 10.4 Å². The molecule has 186 valence electrons. The molecule has 1 unspecified atom stereocenters. The van der Waals surface area contributed by atoms with Crippen LogP contribution in [0.5, 0.6) is 0 Å². The van der Waals surface area contributed by atoms with Crippen molar-refractivity contribution in [1.29, 1.82) is 0 Å². The summed E-state index contributed by atoms with van der Waals surface area (Å²) in [7, 11) is 0. The van der Waals surface area contributed by atoms with E-state index in [0.29, 0.717) is 5.92 Å². The highest BCUT2D eigenvalue weighted by Gasteiger charge is 2.19. The van der Waals surface area contributed by atoms with Crippen LogP contribution in [-0.2, 0) is 0 Å². The van der Waals surface area contributed by atoms with Gasteiger partial charge in [0, 0.05) is 11.3 Å². The molecule has 0 amide bonds. The van der Waals surface area contributed by atoms with Gasteiger partial charge in [0.15, 0.2) is 0 Å². The predicted octanol–water partition coefficient (Wildman–Crippen LogP) is 7.81. The largest absolute Gasteiger partial charge is 0.292 e. The fraction of sp³-hybridized carbons (Fsp3) is 0.108. The first-order chi connectivity index (χ1) is 19.3. The lowest BCUT2D eigenvalue weighted by Gasteiger charge is -2.23. The van der Waals surface area contributed by atoms with E-state index in [2.05, 4.69) is 126 Å². The molecule has 1 aromatic heterocycles. The molecule has 0 fully saturated rings. The molecule has 0 saturated carbocycles. The van der Waals surface area contributed by atoms with Gasteiger partial charge in [0.05, 0.1) is 11.0 Å². The number of hydrogen-bond donors (Lipinski definition) is 0. The zero-order valence-electron chi connectivity index (χ0n) is 21.7. The van der Waals surface area contributed by atoms with Crippen molar-refractivity contribution in [1.82, 2.24) is 9.55 Å². The quantitative estimate of drug-likeness (QED) is 0.242. The van der Waals surface area contributed by atoms with Crippen molar-refractivity contribution in [3.8, 4) is 28.2 Å². The SMILES string of the molecule is C1=CC2=c3cc4c(-c5ccc(-n6c(-c7ccccc7)nc7ccccc76)cc5)cccc4cc3=CCC2CC1. The summed E-state index contributed by atoms with van der Waals surface area (Å²) in [4.78, 5) is 5.01. The van der Waals surface area contributed by atoms with Crippen molar-refractivity contribution in [3.63, 3.8) is 0 Å². The Labute approximate surface area is 227 Å². The molecule has 0 spiro atoms. The van der Waals surface area contributed by atoms with E-state index in [0.717, 1.165) is 34.5 Å². The Hall–Kier alpha value is -4.69. The Morgan fingerprint density at radius 2 is 1.59 bits per heavy atom. The maximum absolute atomic E-state index is 5.01. The zero-order chi connectivity index (χ0) is 25.8. The summed E-state index contributed by atoms with van der Waals surface area (Å²) in [5.74, 6) is 1.62. The Bertz CT molecular complexity index is 2030. The van der Waals surface area contributed by atoms with Crippen LogP contribution in [0.2, 0.25) is 0 Å². The van der Waals surface area contributed by atoms with Crippen molar-refractivity contribution < 1.29 is 0 Å². The van der Waals surface area contributed by atoms with Gasteiger partial charge in [-0.1, -0.05) is 91.0 Å². The minimum Gasteiger partial charge on any atom is -0.292 e. The smallest absolute Gasteiger partial charge is 0.145 e. The number of para-hydroxylation sites is 2. The van der Waals surface area contributed by atoms with Gasteiger partial charge in [-0.3, -0.25) is 4.57 Å². The minimum absolute atomic E-state index is 0.662. The summed E-state index contributed by atoms with van der Waals surface area (Å²) in [5, 5.41) is 5.42. The molecule has 0 bridgehead atoms. The van der Waals surface area contributed by atoms with Crippen LogP contribution >= 0.6 is 0 Å². The lowest BCUT2D eigenvalue weighted by atomic mass is 9.81. The molecule has 8 rings (SSSR count). The molecule has 6 aromatic rings. The van der Waals surface area contributed by atoms with Gasteiger partial charge in [0.2, 0.25) is 0 Å². The number of nitrogens with zero attached hydrogens (tertiary/aromatic N) is 2. The third-order valence-electron chi connectivity index (χ3n) is 8.43. The highest BCUT2D eigenvalue weighted by atomic mass is 15.1. The highest BCUT2D eigenvalue weighted by molar-refractivity contribution is 5.97. The molecule has 0 radical (unpaired) electrons. The van der Waals surface area contributed by atoms with Gasteiger partial charge in [-0.25, -0.2) is 4.98 Å². The second-order valence-corrected chi connectivity index (χ2v) is 10.7. The Kier molecular flexibility index (Phi) is 5.12. The number of hydrogen-bond acceptors (Lipinski definition) is 1. The first kappa shape index (κ1) is 22.3. The van der Waals surface area contributed by atoms with E-state index in [1.807, 2.05) is 6.07 Å². The van der Waals surface area contributed by atoms with Crippen molar-refractivity contribution in [3.05, 3.63) is 132 Å². The topological polar surface area (TPSA) is 17.8 Å². The van der Waals surface area contributed by atoms with Gasteiger partial charge in [-0.15, -0.1) is 0 Å². The molecule has 0 N–H and O–H groups in total. The lowest BCUT2D eigenvalue weighted by molar-refractivity contribution is 0.619. The average Bonchev–Trinajstić information content (AvgIpc) is 3.40. The second kappa shape index (κ2) is 8.96. The number of benzene rings is 5. The van der Waals surface area contributed by atoms with E-state index in [4.69, 9.17) is 4.98 Å². The molecule has 2 heteroatoms. The van der Waals surface area contributed by atoms with E-state index >= 15 is 0 Å². The normalized spacial score (nSPS) is 16.2. The molecule has 0 saturated heterocycles. The summed E-state index contributed by atoms with van der Waals surface area (Å²) >= 11 is 0. The van der Waals surface area contributed by atoms with Crippen LogP contribution in [0, 0.1) is 5.92 Å². The van der Waals surface area contributed by atoms with Gasteiger partial charge in [0.1, 0.15) is 5.82 Å². The van der Waals surface area contributed by atoms with Crippen LogP contribution in [0.3, 0.4) is 0 Å².